The number of nitrogens with one attached hydrogen (secondary N) is 1. The summed E-state index contributed by atoms with van der Waals surface area (Å²) in [6, 6.07) is 1.51. The normalized spacial score (nSPS) is 9.86. The first kappa shape index (κ1) is 10.7. The van der Waals surface area contributed by atoms with Crippen LogP contribution in [-0.2, 0) is 4.79 Å². The Bertz CT molecular complexity index is 322. The molecule has 5 nitrogen and oxygen atoms in total. The molecule has 0 bridgehead atoms. The maximum atomic E-state index is 11.0. The van der Waals surface area contributed by atoms with E-state index in [2.05, 4.69) is 15.3 Å². The summed E-state index contributed by atoms with van der Waals surface area (Å²) in [5.41, 5.74) is 5.37. The van der Waals surface area contributed by atoms with E-state index in [1.165, 1.54) is 6.07 Å². The van der Waals surface area contributed by atoms with Gasteiger partial charge in [-0.15, -0.1) is 0 Å². The number of carbonyl (C=O) groups is 1. The number of Topliss-reactive ketones (excluding diaryl/α,β-unsaturated/α-hetero) is 1. The third-order valence-corrected chi connectivity index (χ3v) is 1.77. The Balaban J connectivity index is 2.63. The number of aromatic nitrogens is 2. The standard InChI is InChI=1S/C8H11ClN4O/c1-2-5(14)4-11-7-3-6(9)12-8(10)13-7/h3H,2,4H2,1H3,(H3,10,11,12,13). The number of nitrogens with two attached hydrogens (primary N) is 1. The summed E-state index contributed by atoms with van der Waals surface area (Å²) >= 11 is 5.64. The third-order valence-electron chi connectivity index (χ3n) is 1.57. The number of halogens is 1. The first-order valence-corrected chi connectivity index (χ1v) is 4.55. The Hall–Kier alpha value is -1.36. The second-order valence-corrected chi connectivity index (χ2v) is 3.07. The molecule has 3 N–H and O–H groups in total. The fraction of sp³-hybridized carbons (Fsp3) is 0.375. The zero-order valence-corrected chi connectivity index (χ0v) is 8.51. The van der Waals surface area contributed by atoms with Gasteiger partial charge < -0.3 is 11.1 Å². The molecule has 76 valence electrons. The largest absolute Gasteiger partial charge is 0.368 e. The minimum absolute atomic E-state index is 0.0870. The lowest BCUT2D eigenvalue weighted by atomic mass is 10.3. The fourth-order valence-electron chi connectivity index (χ4n) is 0.840. The molecule has 1 heterocycles. The summed E-state index contributed by atoms with van der Waals surface area (Å²) in [6.07, 6.45) is 0.487. The molecule has 6 heteroatoms. The van der Waals surface area contributed by atoms with Crippen LogP contribution in [0.25, 0.3) is 0 Å². The van der Waals surface area contributed by atoms with Crippen molar-refractivity contribution in [1.29, 1.82) is 0 Å². The highest BCUT2D eigenvalue weighted by Gasteiger charge is 2.02. The van der Waals surface area contributed by atoms with Gasteiger partial charge in [0.05, 0.1) is 6.54 Å². The SMILES string of the molecule is CCC(=O)CNc1cc(Cl)nc(N)n1. The predicted molar refractivity (Wildman–Crippen MR) is 55.2 cm³/mol. The molecule has 0 unspecified atom stereocenters. The van der Waals surface area contributed by atoms with Gasteiger partial charge in [0.2, 0.25) is 5.95 Å². The Morgan fingerprint density at radius 1 is 1.64 bits per heavy atom. The van der Waals surface area contributed by atoms with Crippen molar-refractivity contribution in [2.24, 2.45) is 0 Å². The average Bonchev–Trinajstić information content (AvgIpc) is 2.12. The van der Waals surface area contributed by atoms with Gasteiger partial charge in [-0.3, -0.25) is 4.79 Å². The first-order chi connectivity index (χ1) is 6.61. The molecule has 0 aliphatic rings. The van der Waals surface area contributed by atoms with E-state index in [0.29, 0.717) is 12.2 Å². The molecule has 0 amide bonds. The number of hydrogen-bond acceptors (Lipinski definition) is 5. The first-order valence-electron chi connectivity index (χ1n) is 4.17. The van der Waals surface area contributed by atoms with Crippen LogP contribution in [0.5, 0.6) is 0 Å². The van der Waals surface area contributed by atoms with Gasteiger partial charge in [-0.05, 0) is 0 Å². The highest BCUT2D eigenvalue weighted by Crippen LogP contribution is 2.11. The fourth-order valence-corrected chi connectivity index (χ4v) is 1.03. The van der Waals surface area contributed by atoms with Gasteiger partial charge in [-0.25, -0.2) is 4.98 Å². The van der Waals surface area contributed by atoms with Gasteiger partial charge in [0, 0.05) is 12.5 Å². The average molecular weight is 215 g/mol. The van der Waals surface area contributed by atoms with Crippen molar-refractivity contribution < 1.29 is 4.79 Å². The maximum Gasteiger partial charge on any atom is 0.223 e. The second kappa shape index (κ2) is 4.76. The molecule has 1 aromatic heterocycles. The lowest BCUT2D eigenvalue weighted by Crippen LogP contribution is -2.13. The molecule has 0 aliphatic heterocycles. The molecule has 0 radical (unpaired) electrons. The zero-order chi connectivity index (χ0) is 10.6. The van der Waals surface area contributed by atoms with Crippen LogP contribution in [0.4, 0.5) is 11.8 Å². The van der Waals surface area contributed by atoms with E-state index in [-0.39, 0.29) is 23.4 Å². The van der Waals surface area contributed by atoms with Gasteiger partial charge in [0.15, 0.2) is 5.78 Å². The summed E-state index contributed by atoms with van der Waals surface area (Å²) in [6.45, 7) is 2.02. The van der Waals surface area contributed by atoms with Gasteiger partial charge in [0.1, 0.15) is 11.0 Å². The topological polar surface area (TPSA) is 80.9 Å². The number of ketones is 1. The molecule has 14 heavy (non-hydrogen) atoms. The van der Waals surface area contributed by atoms with E-state index >= 15 is 0 Å². The van der Waals surface area contributed by atoms with E-state index in [4.69, 9.17) is 17.3 Å². The third kappa shape index (κ3) is 3.18. The molecular formula is C8H11ClN4O. The highest BCUT2D eigenvalue weighted by atomic mass is 35.5. The monoisotopic (exact) mass is 214 g/mol. The molecule has 0 atom stereocenters. The van der Waals surface area contributed by atoms with Crippen molar-refractivity contribution in [2.75, 3.05) is 17.6 Å². The zero-order valence-electron chi connectivity index (χ0n) is 7.75. The van der Waals surface area contributed by atoms with Gasteiger partial charge in [0.25, 0.3) is 0 Å². The molecule has 1 aromatic rings. The van der Waals surface area contributed by atoms with Crippen molar-refractivity contribution in [1.82, 2.24) is 9.97 Å². The van der Waals surface area contributed by atoms with Crippen LogP contribution in [0, 0.1) is 0 Å². The summed E-state index contributed by atoms with van der Waals surface area (Å²) in [4.78, 5) is 18.5. The van der Waals surface area contributed by atoms with E-state index in [0.717, 1.165) is 0 Å². The van der Waals surface area contributed by atoms with E-state index in [1.807, 2.05) is 0 Å². The van der Waals surface area contributed by atoms with Crippen molar-refractivity contribution in [3.05, 3.63) is 11.2 Å². The molecule has 0 fully saturated rings. The molecule has 0 aromatic carbocycles. The Kier molecular flexibility index (Phi) is 3.64. The minimum Gasteiger partial charge on any atom is -0.368 e. The molecule has 0 spiro atoms. The van der Waals surface area contributed by atoms with Crippen molar-refractivity contribution in [2.45, 2.75) is 13.3 Å². The number of nitrogen functional groups attached to an aromatic ring is 1. The van der Waals surface area contributed by atoms with E-state index in [9.17, 15) is 4.79 Å². The molecule has 0 aliphatic carbocycles. The van der Waals surface area contributed by atoms with Crippen LogP contribution >= 0.6 is 11.6 Å². The van der Waals surface area contributed by atoms with Gasteiger partial charge >= 0.3 is 0 Å². The van der Waals surface area contributed by atoms with Crippen molar-refractivity contribution >= 4 is 29.2 Å². The highest BCUT2D eigenvalue weighted by molar-refractivity contribution is 6.29. The van der Waals surface area contributed by atoms with Crippen LogP contribution < -0.4 is 11.1 Å². The number of rotatable bonds is 4. The molecule has 0 saturated carbocycles. The van der Waals surface area contributed by atoms with Crippen LogP contribution in [-0.4, -0.2) is 22.3 Å². The smallest absolute Gasteiger partial charge is 0.223 e. The second-order valence-electron chi connectivity index (χ2n) is 2.68. The maximum absolute atomic E-state index is 11.0. The molecule has 0 saturated heterocycles. The van der Waals surface area contributed by atoms with Gasteiger partial charge in [-0.2, -0.15) is 4.98 Å². The van der Waals surface area contributed by atoms with Crippen LogP contribution in [0.3, 0.4) is 0 Å². The summed E-state index contributed by atoms with van der Waals surface area (Å²) in [7, 11) is 0. The van der Waals surface area contributed by atoms with E-state index < -0.39 is 0 Å². The number of anilines is 2. The minimum atomic E-state index is 0.0870. The van der Waals surface area contributed by atoms with Crippen molar-refractivity contribution in [3.63, 3.8) is 0 Å². The predicted octanol–water partition coefficient (Wildman–Crippen LogP) is 1.10. The summed E-state index contributed by atoms with van der Waals surface area (Å²) in [5.74, 6) is 0.645. The summed E-state index contributed by atoms with van der Waals surface area (Å²) < 4.78 is 0. The Labute approximate surface area is 86.7 Å². The molecular weight excluding hydrogens is 204 g/mol. The van der Waals surface area contributed by atoms with Crippen LogP contribution in [0.15, 0.2) is 6.07 Å². The Morgan fingerprint density at radius 3 is 2.93 bits per heavy atom. The number of hydrogen-bond donors (Lipinski definition) is 2. The Morgan fingerprint density at radius 2 is 2.36 bits per heavy atom. The quantitative estimate of drug-likeness (QED) is 0.734. The van der Waals surface area contributed by atoms with Crippen LogP contribution in [0.1, 0.15) is 13.3 Å². The molecule has 1 rings (SSSR count). The number of nitrogens with zero attached hydrogens (tertiary/aromatic N) is 2. The summed E-state index contributed by atoms with van der Waals surface area (Å²) in [5, 5.41) is 3.07. The lowest BCUT2D eigenvalue weighted by Gasteiger charge is -2.04. The lowest BCUT2D eigenvalue weighted by molar-refractivity contribution is -0.117. The van der Waals surface area contributed by atoms with Gasteiger partial charge in [-0.1, -0.05) is 18.5 Å². The van der Waals surface area contributed by atoms with Crippen LogP contribution in [0.2, 0.25) is 5.15 Å². The van der Waals surface area contributed by atoms with E-state index in [1.54, 1.807) is 6.92 Å². The number of carbonyl (C=O) groups excluding carboxylic acids is 1. The van der Waals surface area contributed by atoms with Crippen molar-refractivity contribution in [3.8, 4) is 0 Å².